The molecule has 1 spiro atoms. The first-order valence-electron chi connectivity index (χ1n) is 8.68. The van der Waals surface area contributed by atoms with E-state index in [1.807, 2.05) is 13.0 Å². The quantitative estimate of drug-likeness (QED) is 0.859. The number of nitrogens with zero attached hydrogens (tertiary/aromatic N) is 2. The van der Waals surface area contributed by atoms with Crippen molar-refractivity contribution in [3.8, 4) is 0 Å². The molecule has 1 N–H and O–H groups in total. The van der Waals surface area contributed by atoms with Gasteiger partial charge in [-0.2, -0.15) is 0 Å². The summed E-state index contributed by atoms with van der Waals surface area (Å²) in [5.41, 5.74) is 1.69. The van der Waals surface area contributed by atoms with E-state index in [9.17, 15) is 13.9 Å². The second kappa shape index (κ2) is 5.66. The summed E-state index contributed by atoms with van der Waals surface area (Å²) in [6.45, 7) is 3.41. The lowest BCUT2D eigenvalue weighted by molar-refractivity contribution is 0.0410. The van der Waals surface area contributed by atoms with Crippen LogP contribution in [0.2, 0.25) is 0 Å². The first-order valence-corrected chi connectivity index (χ1v) is 8.68. The molecule has 24 heavy (non-hydrogen) atoms. The lowest BCUT2D eigenvalue weighted by atomic mass is 9.76. The van der Waals surface area contributed by atoms with Crippen molar-refractivity contribution < 1.29 is 13.9 Å². The van der Waals surface area contributed by atoms with E-state index in [1.165, 1.54) is 6.07 Å². The van der Waals surface area contributed by atoms with E-state index in [0.717, 1.165) is 62.6 Å². The third-order valence-corrected chi connectivity index (χ3v) is 5.75. The Kier molecular flexibility index (Phi) is 3.71. The maximum Gasteiger partial charge on any atom is 0.152 e. The first-order chi connectivity index (χ1) is 11.5. The smallest absolute Gasteiger partial charge is 0.152 e. The fourth-order valence-electron chi connectivity index (χ4n) is 4.58. The van der Waals surface area contributed by atoms with Crippen molar-refractivity contribution in [3.05, 3.63) is 35.5 Å². The van der Waals surface area contributed by atoms with Gasteiger partial charge in [0, 0.05) is 41.3 Å². The van der Waals surface area contributed by atoms with Crippen LogP contribution in [0.1, 0.15) is 37.8 Å². The van der Waals surface area contributed by atoms with Crippen LogP contribution < -0.4 is 4.90 Å². The van der Waals surface area contributed by atoms with E-state index >= 15 is 0 Å². The highest BCUT2D eigenvalue weighted by Gasteiger charge is 2.45. The molecular formula is C19H22F2N2O. The monoisotopic (exact) mass is 332 g/mol. The fraction of sp³-hybridized carbons (Fsp3) is 0.526. The van der Waals surface area contributed by atoms with E-state index in [2.05, 4.69) is 9.88 Å². The second-order valence-corrected chi connectivity index (χ2v) is 7.36. The molecule has 2 aromatic rings. The van der Waals surface area contributed by atoms with Crippen molar-refractivity contribution in [3.63, 3.8) is 0 Å². The minimum atomic E-state index is -0.623. The number of hydrogen-bond donors (Lipinski definition) is 1. The highest BCUT2D eigenvalue weighted by molar-refractivity contribution is 5.92. The summed E-state index contributed by atoms with van der Waals surface area (Å²) in [7, 11) is 0. The predicted octanol–water partition coefficient (Wildman–Crippen LogP) is 3.95. The van der Waals surface area contributed by atoms with Crippen molar-refractivity contribution in [2.24, 2.45) is 5.41 Å². The Hall–Kier alpha value is -1.75. The fourth-order valence-corrected chi connectivity index (χ4v) is 4.58. The molecule has 1 aliphatic heterocycles. The van der Waals surface area contributed by atoms with E-state index in [1.54, 1.807) is 0 Å². The van der Waals surface area contributed by atoms with Crippen LogP contribution in [0.3, 0.4) is 0 Å². The molecule has 2 aliphatic rings. The van der Waals surface area contributed by atoms with Gasteiger partial charge in [0.15, 0.2) is 5.82 Å². The molecule has 1 aliphatic carbocycles. The Morgan fingerprint density at radius 2 is 2.00 bits per heavy atom. The summed E-state index contributed by atoms with van der Waals surface area (Å²) in [6.07, 6.45) is 4.66. The molecule has 3 nitrogen and oxygen atoms in total. The molecule has 0 unspecified atom stereocenters. The summed E-state index contributed by atoms with van der Waals surface area (Å²) >= 11 is 0. The third kappa shape index (κ3) is 2.46. The van der Waals surface area contributed by atoms with E-state index < -0.39 is 11.6 Å². The van der Waals surface area contributed by atoms with E-state index in [0.29, 0.717) is 5.39 Å². The molecule has 4 rings (SSSR count). The van der Waals surface area contributed by atoms with Crippen LogP contribution in [0, 0.1) is 24.0 Å². The van der Waals surface area contributed by atoms with Crippen molar-refractivity contribution in [1.29, 1.82) is 0 Å². The number of aliphatic hydroxyl groups is 1. The average molecular weight is 332 g/mol. The number of aromatic nitrogens is 1. The van der Waals surface area contributed by atoms with Gasteiger partial charge in [-0.25, -0.2) is 13.8 Å². The molecule has 1 saturated carbocycles. The van der Waals surface area contributed by atoms with Crippen LogP contribution in [0.15, 0.2) is 18.2 Å². The number of aliphatic hydroxyl groups excluding tert-OH is 1. The molecule has 2 atom stereocenters. The Balaban J connectivity index is 1.81. The van der Waals surface area contributed by atoms with Crippen LogP contribution in [0.4, 0.5) is 14.5 Å². The van der Waals surface area contributed by atoms with Gasteiger partial charge in [0.25, 0.3) is 0 Å². The molecule has 1 aromatic carbocycles. The Bertz CT molecular complexity index is 795. The Morgan fingerprint density at radius 3 is 2.75 bits per heavy atom. The van der Waals surface area contributed by atoms with Gasteiger partial charge >= 0.3 is 0 Å². The van der Waals surface area contributed by atoms with Gasteiger partial charge < -0.3 is 10.0 Å². The zero-order valence-electron chi connectivity index (χ0n) is 13.9. The largest absolute Gasteiger partial charge is 0.392 e. The molecule has 128 valence electrons. The third-order valence-electron chi connectivity index (χ3n) is 5.75. The number of aryl methyl sites for hydroxylation is 1. The normalized spacial score (nSPS) is 27.3. The highest BCUT2D eigenvalue weighted by Crippen LogP contribution is 2.46. The molecular weight excluding hydrogens is 310 g/mol. The van der Waals surface area contributed by atoms with Crippen LogP contribution in [0.5, 0.6) is 0 Å². The van der Waals surface area contributed by atoms with Gasteiger partial charge in [-0.05, 0) is 44.7 Å². The lowest BCUT2D eigenvalue weighted by Gasteiger charge is -2.44. The first kappa shape index (κ1) is 15.8. The zero-order valence-corrected chi connectivity index (χ0v) is 13.9. The summed E-state index contributed by atoms with van der Waals surface area (Å²) in [5, 5.41) is 11.0. The van der Waals surface area contributed by atoms with Gasteiger partial charge in [0.2, 0.25) is 0 Å². The summed E-state index contributed by atoms with van der Waals surface area (Å²) in [5.74, 6) is -1.21. The minimum Gasteiger partial charge on any atom is -0.392 e. The van der Waals surface area contributed by atoms with Crippen LogP contribution in [0.25, 0.3) is 10.9 Å². The van der Waals surface area contributed by atoms with Gasteiger partial charge in [0.1, 0.15) is 11.3 Å². The molecule has 0 amide bonds. The predicted molar refractivity (Wildman–Crippen MR) is 90.1 cm³/mol. The Morgan fingerprint density at radius 1 is 1.21 bits per heavy atom. The summed E-state index contributed by atoms with van der Waals surface area (Å²) in [4.78, 5) is 6.45. The second-order valence-electron chi connectivity index (χ2n) is 7.36. The lowest BCUT2D eigenvalue weighted by Crippen LogP contribution is -2.47. The summed E-state index contributed by atoms with van der Waals surface area (Å²) in [6, 6.07) is 4.16. The molecule has 5 heteroatoms. The minimum absolute atomic E-state index is 0.0758. The van der Waals surface area contributed by atoms with Gasteiger partial charge in [-0.15, -0.1) is 0 Å². The maximum atomic E-state index is 14.2. The number of hydrogen-bond acceptors (Lipinski definition) is 3. The number of rotatable bonds is 1. The van der Waals surface area contributed by atoms with Crippen molar-refractivity contribution >= 4 is 16.6 Å². The number of anilines is 1. The van der Waals surface area contributed by atoms with Crippen molar-refractivity contribution in [2.45, 2.75) is 45.1 Å². The molecule has 2 fully saturated rings. The average Bonchev–Trinajstić information content (AvgIpc) is 2.88. The molecule has 1 saturated heterocycles. The van der Waals surface area contributed by atoms with Gasteiger partial charge in [-0.1, -0.05) is 6.42 Å². The van der Waals surface area contributed by atoms with Crippen molar-refractivity contribution in [2.75, 3.05) is 18.0 Å². The molecule has 1 aromatic heterocycles. The van der Waals surface area contributed by atoms with E-state index in [4.69, 9.17) is 0 Å². The topological polar surface area (TPSA) is 36.4 Å². The van der Waals surface area contributed by atoms with Gasteiger partial charge in [-0.3, -0.25) is 0 Å². The standard InChI is InChI=1S/C19H22F2N2O/c1-12-8-16(14-9-13(20)10-15(21)18(14)22-12)23-7-3-6-19(11-23)5-2-4-17(19)24/h8-10,17,24H,2-7,11H2,1H3/t17-,19-/m1/s1. The molecule has 2 heterocycles. The maximum absolute atomic E-state index is 14.2. The van der Waals surface area contributed by atoms with Crippen molar-refractivity contribution in [1.82, 2.24) is 4.98 Å². The van der Waals surface area contributed by atoms with Crippen LogP contribution in [-0.2, 0) is 0 Å². The number of piperidine rings is 1. The van der Waals surface area contributed by atoms with Gasteiger partial charge in [0.05, 0.1) is 6.10 Å². The zero-order chi connectivity index (χ0) is 16.9. The van der Waals surface area contributed by atoms with Crippen LogP contribution in [-0.4, -0.2) is 29.3 Å². The SMILES string of the molecule is Cc1cc(N2CCC[C@]3(CCC[C@H]3O)C2)c2cc(F)cc(F)c2n1. The summed E-state index contributed by atoms with van der Waals surface area (Å²) < 4.78 is 27.9. The van der Waals surface area contributed by atoms with E-state index in [-0.39, 0.29) is 17.0 Å². The number of pyridine rings is 1. The number of benzene rings is 1. The molecule has 0 bridgehead atoms. The van der Waals surface area contributed by atoms with Crippen LogP contribution >= 0.6 is 0 Å². The molecule has 0 radical (unpaired) electrons. The number of fused-ring (bicyclic) bond motifs is 1. The Labute approximate surface area is 140 Å². The number of halogens is 2. The highest BCUT2D eigenvalue weighted by atomic mass is 19.1.